The SMILES string of the molecule is COc1nc2[nH]cc(F)c2cc1Oc1cc(N2CCC3(CC2)CC(N2CCN(Cc4cc[n+]([O-])c(OC)c4)C[C@H]2c2ccccc2C(C)C)C3)ccc1C(=O)NS(=O)(=O)c1cnc(NCC2CCC(C)(O)CC2)c([N+](=O)[O-])c1. The first-order valence-corrected chi connectivity index (χ1v) is 28.1. The third kappa shape index (κ3) is 11.4. The molecular weight excluding hydrogens is 1020 g/mol. The maximum absolute atomic E-state index is 14.9. The van der Waals surface area contributed by atoms with Crippen molar-refractivity contribution in [2.45, 2.75) is 107 Å². The van der Waals surface area contributed by atoms with Crippen molar-refractivity contribution in [3.05, 3.63) is 129 Å². The van der Waals surface area contributed by atoms with Crippen LogP contribution in [0.2, 0.25) is 0 Å². The normalized spacial score (nSPS) is 21.1. The van der Waals surface area contributed by atoms with E-state index in [1.807, 2.05) is 12.1 Å². The molecule has 0 bridgehead atoms. The van der Waals surface area contributed by atoms with Gasteiger partial charge in [0.15, 0.2) is 11.9 Å². The molecule has 4 aliphatic rings. The fourth-order valence-electron chi connectivity index (χ4n) is 12.0. The minimum Gasteiger partial charge on any atom is -0.616 e. The van der Waals surface area contributed by atoms with E-state index >= 15 is 0 Å². The van der Waals surface area contributed by atoms with Crippen molar-refractivity contribution in [3.63, 3.8) is 0 Å². The highest BCUT2D eigenvalue weighted by molar-refractivity contribution is 7.90. The van der Waals surface area contributed by atoms with Crippen molar-refractivity contribution in [2.24, 2.45) is 11.3 Å². The third-order valence-corrected chi connectivity index (χ3v) is 17.8. The fraction of sp³-hybridized carbons (Fsp3) is 0.464. The van der Waals surface area contributed by atoms with Crippen LogP contribution in [0.5, 0.6) is 23.3 Å². The standard InChI is InChI=1S/C56H67FN10O10S/c1-35(2)41-8-6-7-9-42(41)47-34-63(33-37-14-19-66(70)50(24-37)75-4)22-23-65(47)39-28-56(29-39)17-20-64(21-18-56)38-10-11-43(48(25-38)77-49-27-44-45(57)32-60-51(44)61-54(49)76-5)53(68)62-78(73,74)40-26-46(67(71)72)52(59-31-40)58-30-36-12-15-55(3,69)16-13-36/h6-11,14,19,24-27,31-32,35-36,39,47,69H,12-13,15-18,20-23,28-30,33-34H2,1-5H3,(H,58,59)(H,60,61)(H,62,68)/t36?,47-,55?/m0/s1. The summed E-state index contributed by atoms with van der Waals surface area (Å²) in [6, 6.07) is 20.1. The Morgan fingerprint density at radius 2 is 1.76 bits per heavy atom. The Balaban J connectivity index is 0.857. The predicted octanol–water partition coefficient (Wildman–Crippen LogP) is 8.35. The first-order chi connectivity index (χ1) is 37.3. The number of nitrogens with zero attached hydrogens (tertiary/aromatic N) is 7. The number of carbonyl (C=O) groups excluding carboxylic acids is 1. The maximum Gasteiger partial charge on any atom is 0.379 e. The number of fused-ring (bicyclic) bond motifs is 1. The highest BCUT2D eigenvalue weighted by atomic mass is 32.2. The topological polar surface area (TPSA) is 245 Å². The molecule has 4 aromatic heterocycles. The number of hydrogen-bond donors (Lipinski definition) is 4. The number of amides is 1. The number of sulfonamides is 1. The molecule has 2 saturated heterocycles. The summed E-state index contributed by atoms with van der Waals surface area (Å²) in [4.78, 5) is 43.7. The zero-order chi connectivity index (χ0) is 55.1. The average Bonchev–Trinajstić information content (AvgIpc) is 3.80. The molecule has 0 unspecified atom stereocenters. The summed E-state index contributed by atoms with van der Waals surface area (Å²) in [6.45, 7) is 11.3. The molecule has 6 heterocycles. The molecule has 1 amide bonds. The van der Waals surface area contributed by atoms with Gasteiger partial charge in [-0.25, -0.2) is 22.5 Å². The van der Waals surface area contributed by atoms with E-state index in [1.54, 1.807) is 19.1 Å². The van der Waals surface area contributed by atoms with Gasteiger partial charge in [-0.1, -0.05) is 38.1 Å². The van der Waals surface area contributed by atoms with Crippen LogP contribution in [0.1, 0.15) is 111 Å². The Hall–Kier alpha value is -7.14. The number of benzene rings is 2. The van der Waals surface area contributed by atoms with Crippen LogP contribution >= 0.6 is 0 Å². The van der Waals surface area contributed by atoms with Gasteiger partial charge in [-0.3, -0.25) is 24.7 Å². The van der Waals surface area contributed by atoms with Crippen LogP contribution < -0.4 is 33.9 Å². The zero-order valence-electron chi connectivity index (χ0n) is 44.5. The summed E-state index contributed by atoms with van der Waals surface area (Å²) in [5.74, 6) is -1.21. The summed E-state index contributed by atoms with van der Waals surface area (Å²) in [7, 11) is -1.89. The number of aromatic nitrogens is 4. The number of piperidine rings is 1. The molecule has 2 aliphatic carbocycles. The number of methoxy groups -OCH3 is 2. The Bertz CT molecular complexity index is 3310. The van der Waals surface area contributed by atoms with Crippen molar-refractivity contribution in [3.8, 4) is 23.3 Å². The molecule has 1 atom stereocenters. The lowest BCUT2D eigenvalue weighted by Gasteiger charge is -2.58. The highest BCUT2D eigenvalue weighted by Crippen LogP contribution is 2.53. The Morgan fingerprint density at radius 3 is 2.47 bits per heavy atom. The summed E-state index contributed by atoms with van der Waals surface area (Å²) >= 11 is 0. The van der Waals surface area contributed by atoms with E-state index in [0.29, 0.717) is 69.5 Å². The molecule has 4 N–H and O–H groups in total. The number of pyridine rings is 3. The van der Waals surface area contributed by atoms with Crippen LogP contribution in [0.15, 0.2) is 90.2 Å². The first kappa shape index (κ1) is 54.2. The van der Waals surface area contributed by atoms with E-state index in [2.05, 4.69) is 77.8 Å². The van der Waals surface area contributed by atoms with Gasteiger partial charge in [0.25, 0.3) is 21.8 Å². The molecule has 78 heavy (non-hydrogen) atoms. The van der Waals surface area contributed by atoms with E-state index in [9.17, 15) is 38.0 Å². The van der Waals surface area contributed by atoms with E-state index in [4.69, 9.17) is 14.2 Å². The quantitative estimate of drug-likeness (QED) is 0.0290. The monoisotopic (exact) mass is 1090 g/mol. The number of aliphatic hydroxyl groups is 1. The highest BCUT2D eigenvalue weighted by Gasteiger charge is 2.50. The Labute approximate surface area is 452 Å². The third-order valence-electron chi connectivity index (χ3n) is 16.5. The van der Waals surface area contributed by atoms with Gasteiger partial charge < -0.3 is 39.7 Å². The number of piperazine rings is 1. The Kier molecular flexibility index (Phi) is 15.3. The number of H-pyrrole nitrogens is 1. The van der Waals surface area contributed by atoms with E-state index in [1.165, 1.54) is 43.7 Å². The molecule has 10 rings (SSSR count). The number of anilines is 2. The van der Waals surface area contributed by atoms with Gasteiger partial charge in [0, 0.05) is 94.0 Å². The van der Waals surface area contributed by atoms with Crippen molar-refractivity contribution in [1.29, 1.82) is 0 Å². The van der Waals surface area contributed by atoms with Gasteiger partial charge in [0.05, 0.1) is 48.0 Å². The second kappa shape index (κ2) is 21.9. The summed E-state index contributed by atoms with van der Waals surface area (Å²) in [5.41, 5.74) is 3.21. The van der Waals surface area contributed by atoms with Gasteiger partial charge in [-0.05, 0) is 104 Å². The van der Waals surface area contributed by atoms with Gasteiger partial charge in [0.2, 0.25) is 5.82 Å². The number of aromatic amines is 1. The lowest BCUT2D eigenvalue weighted by molar-refractivity contribution is -0.612. The van der Waals surface area contributed by atoms with Gasteiger partial charge in [-0.2, -0.15) is 4.98 Å². The molecule has 20 nitrogen and oxygen atoms in total. The van der Waals surface area contributed by atoms with Crippen molar-refractivity contribution < 1.29 is 46.6 Å². The summed E-state index contributed by atoms with van der Waals surface area (Å²) in [6.07, 6.45) is 10.1. The first-order valence-electron chi connectivity index (χ1n) is 26.6. The van der Waals surface area contributed by atoms with E-state index < -0.39 is 42.9 Å². The van der Waals surface area contributed by atoms with Crippen LogP contribution in [0.4, 0.5) is 21.6 Å². The predicted molar refractivity (Wildman–Crippen MR) is 290 cm³/mol. The molecule has 1 spiro atoms. The smallest absolute Gasteiger partial charge is 0.379 e. The van der Waals surface area contributed by atoms with Crippen LogP contribution in [0.25, 0.3) is 11.0 Å². The number of rotatable bonds is 17. The number of nitro groups is 1. The van der Waals surface area contributed by atoms with Crippen LogP contribution in [-0.2, 0) is 16.6 Å². The number of hydrogen-bond acceptors (Lipinski definition) is 16. The van der Waals surface area contributed by atoms with E-state index in [0.717, 1.165) is 74.1 Å². The Morgan fingerprint density at radius 1 is 1.00 bits per heavy atom. The van der Waals surface area contributed by atoms with Crippen molar-refractivity contribution in [1.82, 2.24) is 29.5 Å². The molecular formula is C56H67FN10O10S. The van der Waals surface area contributed by atoms with Crippen LogP contribution in [0.3, 0.4) is 0 Å². The minimum atomic E-state index is -4.76. The number of carbonyl (C=O) groups is 1. The van der Waals surface area contributed by atoms with Crippen molar-refractivity contribution in [2.75, 3.05) is 63.7 Å². The van der Waals surface area contributed by atoms with Gasteiger partial charge in [-0.15, -0.1) is 4.73 Å². The van der Waals surface area contributed by atoms with Crippen LogP contribution in [0, 0.1) is 32.5 Å². The molecule has 0 radical (unpaired) electrons. The fourth-order valence-corrected chi connectivity index (χ4v) is 13.0. The maximum atomic E-state index is 14.9. The van der Waals surface area contributed by atoms with Crippen molar-refractivity contribution >= 4 is 44.2 Å². The summed E-state index contributed by atoms with van der Waals surface area (Å²) < 4.78 is 62.7. The largest absolute Gasteiger partial charge is 0.616 e. The van der Waals surface area contributed by atoms with Crippen LogP contribution in [-0.4, -0.2) is 114 Å². The second-order valence-electron chi connectivity index (χ2n) is 22.1. The average molecular weight is 1090 g/mol. The lowest BCUT2D eigenvalue weighted by Crippen LogP contribution is -2.60. The minimum absolute atomic E-state index is 0.0260. The second-order valence-corrected chi connectivity index (χ2v) is 23.8. The molecule has 6 aromatic rings. The van der Waals surface area contributed by atoms with E-state index in [-0.39, 0.29) is 63.0 Å². The summed E-state index contributed by atoms with van der Waals surface area (Å²) in [5, 5.41) is 37.9. The van der Waals surface area contributed by atoms with Gasteiger partial charge >= 0.3 is 11.6 Å². The number of ether oxygens (including phenoxy) is 3. The number of nitrogens with one attached hydrogen (secondary N) is 3. The molecule has 4 fully saturated rings. The molecule has 2 aliphatic heterocycles. The zero-order valence-corrected chi connectivity index (χ0v) is 45.4. The number of halogens is 1. The molecule has 22 heteroatoms. The molecule has 2 saturated carbocycles. The molecule has 414 valence electrons. The lowest BCUT2D eigenvalue weighted by atomic mass is 9.59. The molecule has 2 aromatic carbocycles. The van der Waals surface area contributed by atoms with Gasteiger partial charge in [0.1, 0.15) is 22.1 Å².